The highest BCUT2D eigenvalue weighted by Crippen LogP contribution is 2.25. The number of benzene rings is 1. The molecule has 11 heteroatoms. The van der Waals surface area contributed by atoms with E-state index in [4.69, 9.17) is 4.52 Å². The zero-order chi connectivity index (χ0) is 21.1. The SMILES string of the molecule is Cc1ccc(-c2noc(C(=O)N3CCCCC3)n2)cc1S(=O)(=O)Nc1ccccn1.Cl. The Morgan fingerprint density at radius 1 is 1.13 bits per heavy atom. The first-order valence-electron chi connectivity index (χ1n) is 9.62. The number of hydrogen-bond acceptors (Lipinski definition) is 7. The average molecular weight is 464 g/mol. The summed E-state index contributed by atoms with van der Waals surface area (Å²) >= 11 is 0. The van der Waals surface area contributed by atoms with Gasteiger partial charge in [0.2, 0.25) is 5.82 Å². The summed E-state index contributed by atoms with van der Waals surface area (Å²) in [6.07, 6.45) is 4.51. The molecule has 1 fully saturated rings. The van der Waals surface area contributed by atoms with Crippen molar-refractivity contribution in [3.63, 3.8) is 0 Å². The van der Waals surface area contributed by atoms with Crippen molar-refractivity contribution in [1.82, 2.24) is 20.0 Å². The number of anilines is 1. The fraction of sp³-hybridized carbons (Fsp3) is 0.300. The van der Waals surface area contributed by atoms with Crippen molar-refractivity contribution in [2.24, 2.45) is 0 Å². The smallest absolute Gasteiger partial charge is 0.316 e. The molecule has 3 heterocycles. The summed E-state index contributed by atoms with van der Waals surface area (Å²) in [6, 6.07) is 9.76. The van der Waals surface area contributed by atoms with Gasteiger partial charge < -0.3 is 9.42 Å². The molecule has 1 aliphatic rings. The molecule has 0 bridgehead atoms. The number of rotatable bonds is 5. The summed E-state index contributed by atoms with van der Waals surface area (Å²) in [5.41, 5.74) is 0.985. The summed E-state index contributed by atoms with van der Waals surface area (Å²) in [6.45, 7) is 3.03. The normalized spacial score (nSPS) is 14.0. The van der Waals surface area contributed by atoms with Gasteiger partial charge in [-0.25, -0.2) is 13.4 Å². The number of hydrogen-bond donors (Lipinski definition) is 1. The van der Waals surface area contributed by atoms with E-state index in [-0.39, 0.29) is 40.7 Å². The standard InChI is InChI=1S/C20H21N5O4S.ClH/c1-14-8-9-15(13-16(14)30(27,28)24-17-7-3-4-10-21-17)18-22-19(29-23-18)20(26)25-11-5-2-6-12-25;/h3-4,7-10,13H,2,5-6,11-12H2,1H3,(H,21,24);1H. The van der Waals surface area contributed by atoms with Crippen molar-refractivity contribution in [2.75, 3.05) is 17.8 Å². The first kappa shape index (κ1) is 22.7. The fourth-order valence-electron chi connectivity index (χ4n) is 3.30. The molecule has 4 rings (SSSR count). The van der Waals surface area contributed by atoms with Crippen LogP contribution >= 0.6 is 12.4 Å². The molecule has 0 aliphatic carbocycles. The molecule has 0 saturated carbocycles. The molecule has 2 aromatic heterocycles. The lowest BCUT2D eigenvalue weighted by Crippen LogP contribution is -2.35. The van der Waals surface area contributed by atoms with E-state index in [0.717, 1.165) is 19.3 Å². The molecular weight excluding hydrogens is 442 g/mol. The summed E-state index contributed by atoms with van der Waals surface area (Å²) in [4.78, 5) is 22.5. The Hall–Kier alpha value is -2.98. The number of aromatic nitrogens is 3. The van der Waals surface area contributed by atoms with E-state index in [1.165, 1.54) is 12.3 Å². The van der Waals surface area contributed by atoms with E-state index >= 15 is 0 Å². The number of carbonyl (C=O) groups is 1. The number of sulfonamides is 1. The van der Waals surface area contributed by atoms with E-state index < -0.39 is 10.0 Å². The summed E-state index contributed by atoms with van der Waals surface area (Å²) in [5.74, 6) is -0.0188. The number of nitrogens with one attached hydrogen (secondary N) is 1. The molecule has 0 unspecified atom stereocenters. The van der Waals surface area contributed by atoms with Crippen LogP contribution in [0.5, 0.6) is 0 Å². The average Bonchev–Trinajstić information content (AvgIpc) is 3.25. The molecule has 0 radical (unpaired) electrons. The maximum absolute atomic E-state index is 12.8. The number of nitrogens with zero attached hydrogens (tertiary/aromatic N) is 4. The maximum atomic E-state index is 12.8. The minimum Gasteiger partial charge on any atom is -0.334 e. The third-order valence-electron chi connectivity index (χ3n) is 4.89. The lowest BCUT2D eigenvalue weighted by atomic mass is 10.1. The van der Waals surface area contributed by atoms with Gasteiger partial charge in [-0.1, -0.05) is 23.4 Å². The Morgan fingerprint density at radius 3 is 2.61 bits per heavy atom. The van der Waals surface area contributed by atoms with Gasteiger partial charge in [0.1, 0.15) is 5.82 Å². The molecule has 31 heavy (non-hydrogen) atoms. The minimum absolute atomic E-state index is 0. The van der Waals surface area contributed by atoms with Gasteiger partial charge in [-0.05, 0) is 49.9 Å². The first-order valence-corrected chi connectivity index (χ1v) is 11.1. The molecule has 1 aliphatic heterocycles. The van der Waals surface area contributed by atoms with Gasteiger partial charge >= 0.3 is 11.8 Å². The van der Waals surface area contributed by atoms with Crippen LogP contribution in [-0.2, 0) is 10.0 Å². The zero-order valence-electron chi connectivity index (χ0n) is 16.8. The Balaban J connectivity index is 0.00000272. The van der Waals surface area contributed by atoms with Gasteiger partial charge in [0, 0.05) is 24.8 Å². The van der Waals surface area contributed by atoms with Crippen LogP contribution in [0.3, 0.4) is 0 Å². The monoisotopic (exact) mass is 463 g/mol. The zero-order valence-corrected chi connectivity index (χ0v) is 18.4. The van der Waals surface area contributed by atoms with Gasteiger partial charge in [-0.3, -0.25) is 9.52 Å². The second-order valence-corrected chi connectivity index (χ2v) is 8.73. The second-order valence-electron chi connectivity index (χ2n) is 7.08. The minimum atomic E-state index is -3.87. The first-order chi connectivity index (χ1) is 14.4. The van der Waals surface area contributed by atoms with Crippen LogP contribution in [0.1, 0.15) is 35.5 Å². The van der Waals surface area contributed by atoms with Crippen molar-refractivity contribution in [3.8, 4) is 11.4 Å². The van der Waals surface area contributed by atoms with Crippen molar-refractivity contribution in [3.05, 3.63) is 54.0 Å². The van der Waals surface area contributed by atoms with Crippen molar-refractivity contribution >= 4 is 34.2 Å². The highest BCUT2D eigenvalue weighted by Gasteiger charge is 2.25. The summed E-state index contributed by atoms with van der Waals surface area (Å²) in [7, 11) is -3.87. The van der Waals surface area contributed by atoms with Crippen LogP contribution in [0.2, 0.25) is 0 Å². The van der Waals surface area contributed by atoms with E-state index in [1.807, 2.05) is 0 Å². The molecular formula is C20H22ClN5O4S. The van der Waals surface area contributed by atoms with E-state index in [9.17, 15) is 13.2 Å². The molecule has 1 aromatic carbocycles. The number of halogens is 1. The van der Waals surface area contributed by atoms with Gasteiger partial charge in [-0.2, -0.15) is 4.98 Å². The Morgan fingerprint density at radius 2 is 1.90 bits per heavy atom. The summed E-state index contributed by atoms with van der Waals surface area (Å²) in [5, 5.41) is 3.88. The molecule has 0 spiro atoms. The van der Waals surface area contributed by atoms with E-state index in [0.29, 0.717) is 24.2 Å². The maximum Gasteiger partial charge on any atom is 0.316 e. The lowest BCUT2D eigenvalue weighted by Gasteiger charge is -2.24. The van der Waals surface area contributed by atoms with Gasteiger partial charge in [0.05, 0.1) is 4.90 Å². The van der Waals surface area contributed by atoms with Crippen LogP contribution in [0.15, 0.2) is 52.0 Å². The van der Waals surface area contributed by atoms with Crippen LogP contribution in [0, 0.1) is 6.92 Å². The second kappa shape index (κ2) is 9.44. The number of piperidine rings is 1. The molecule has 1 saturated heterocycles. The molecule has 3 aromatic rings. The van der Waals surface area contributed by atoms with Gasteiger partial charge in [0.15, 0.2) is 0 Å². The van der Waals surface area contributed by atoms with Crippen LogP contribution in [0.4, 0.5) is 5.82 Å². The molecule has 1 amide bonds. The Bertz CT molecular complexity index is 1160. The highest BCUT2D eigenvalue weighted by atomic mass is 35.5. The highest BCUT2D eigenvalue weighted by molar-refractivity contribution is 7.92. The molecule has 1 N–H and O–H groups in total. The van der Waals surface area contributed by atoms with Crippen molar-refractivity contribution in [2.45, 2.75) is 31.1 Å². The van der Waals surface area contributed by atoms with Crippen molar-refractivity contribution in [1.29, 1.82) is 0 Å². The van der Waals surface area contributed by atoms with Gasteiger partial charge in [-0.15, -0.1) is 12.4 Å². The molecule has 0 atom stereocenters. The lowest BCUT2D eigenvalue weighted by molar-refractivity contribution is 0.0674. The topological polar surface area (TPSA) is 118 Å². The Labute approximate surface area is 186 Å². The molecule has 9 nitrogen and oxygen atoms in total. The van der Waals surface area contributed by atoms with Crippen LogP contribution in [0.25, 0.3) is 11.4 Å². The number of carbonyl (C=O) groups excluding carboxylic acids is 1. The number of aryl methyl sites for hydroxylation is 1. The predicted octanol–water partition coefficient (Wildman–Crippen LogP) is 3.29. The van der Waals surface area contributed by atoms with E-state index in [2.05, 4.69) is 19.8 Å². The Kier molecular flexibility index (Phi) is 6.91. The summed E-state index contributed by atoms with van der Waals surface area (Å²) < 4.78 is 33.3. The largest absolute Gasteiger partial charge is 0.334 e. The van der Waals surface area contributed by atoms with Gasteiger partial charge in [0.25, 0.3) is 10.0 Å². The van der Waals surface area contributed by atoms with E-state index in [1.54, 1.807) is 42.2 Å². The van der Waals surface area contributed by atoms with Crippen LogP contribution in [-0.4, -0.2) is 47.4 Å². The fourth-order valence-corrected chi connectivity index (χ4v) is 4.58. The number of pyridine rings is 1. The van der Waals surface area contributed by atoms with Crippen LogP contribution < -0.4 is 4.72 Å². The third-order valence-corrected chi connectivity index (χ3v) is 6.39. The van der Waals surface area contributed by atoms with Crippen molar-refractivity contribution < 1.29 is 17.7 Å². The predicted molar refractivity (Wildman–Crippen MR) is 117 cm³/mol. The molecule has 164 valence electrons. The third kappa shape index (κ3) is 5.02. The number of likely N-dealkylation sites (tertiary alicyclic amines) is 1. The quantitative estimate of drug-likeness (QED) is 0.616. The number of amides is 1.